The first-order valence-corrected chi connectivity index (χ1v) is 10.5. The number of aromatic nitrogens is 6. The SMILES string of the molecule is Cc1nn(-c2ccccc2)c(C)c1NC(=O)CSc1nnnn1CC1CCCO1. The molecule has 0 aliphatic carbocycles. The molecule has 0 saturated carbocycles. The molecular formula is C19H23N7O2S. The van der Waals surface area contributed by atoms with Crippen LogP contribution in [0.4, 0.5) is 5.69 Å². The molecule has 10 heteroatoms. The quantitative estimate of drug-likeness (QED) is 0.594. The molecule has 1 aromatic carbocycles. The largest absolute Gasteiger partial charge is 0.376 e. The van der Waals surface area contributed by atoms with Crippen molar-refractivity contribution in [2.45, 2.75) is 44.5 Å². The van der Waals surface area contributed by atoms with Crippen LogP contribution < -0.4 is 5.32 Å². The van der Waals surface area contributed by atoms with Gasteiger partial charge in [-0.2, -0.15) is 5.10 Å². The molecule has 3 aromatic rings. The van der Waals surface area contributed by atoms with Crippen molar-refractivity contribution in [2.75, 3.05) is 17.7 Å². The van der Waals surface area contributed by atoms with Gasteiger partial charge in [0.1, 0.15) is 0 Å². The molecule has 0 radical (unpaired) electrons. The molecule has 1 fully saturated rings. The van der Waals surface area contributed by atoms with Crippen LogP contribution in [0.25, 0.3) is 5.69 Å². The first-order valence-electron chi connectivity index (χ1n) is 9.54. The van der Waals surface area contributed by atoms with E-state index in [0.29, 0.717) is 11.7 Å². The number of carbonyl (C=O) groups excluding carboxylic acids is 1. The van der Waals surface area contributed by atoms with E-state index >= 15 is 0 Å². The zero-order valence-corrected chi connectivity index (χ0v) is 17.2. The third-order valence-electron chi connectivity index (χ3n) is 4.79. The Morgan fingerprint density at radius 3 is 2.90 bits per heavy atom. The number of nitrogens with one attached hydrogen (secondary N) is 1. The molecule has 1 atom stereocenters. The van der Waals surface area contributed by atoms with Crippen molar-refractivity contribution in [3.05, 3.63) is 41.7 Å². The van der Waals surface area contributed by atoms with Gasteiger partial charge in [0.25, 0.3) is 0 Å². The summed E-state index contributed by atoms with van der Waals surface area (Å²) in [4.78, 5) is 12.5. The number of aryl methyl sites for hydroxylation is 1. The van der Waals surface area contributed by atoms with Crippen LogP contribution >= 0.6 is 11.8 Å². The molecule has 1 saturated heterocycles. The molecule has 0 spiro atoms. The molecule has 0 bridgehead atoms. The van der Waals surface area contributed by atoms with Gasteiger partial charge in [-0.15, -0.1) is 5.10 Å². The summed E-state index contributed by atoms with van der Waals surface area (Å²) in [6.45, 7) is 5.22. The van der Waals surface area contributed by atoms with Crippen LogP contribution in [0.1, 0.15) is 24.2 Å². The minimum Gasteiger partial charge on any atom is -0.376 e. The lowest BCUT2D eigenvalue weighted by molar-refractivity contribution is -0.113. The second kappa shape index (κ2) is 8.75. The van der Waals surface area contributed by atoms with Crippen molar-refractivity contribution < 1.29 is 9.53 Å². The number of para-hydroxylation sites is 1. The van der Waals surface area contributed by atoms with E-state index in [1.165, 1.54) is 11.8 Å². The Morgan fingerprint density at radius 2 is 2.14 bits per heavy atom. The van der Waals surface area contributed by atoms with E-state index in [1.807, 2.05) is 48.9 Å². The lowest BCUT2D eigenvalue weighted by Crippen LogP contribution is -2.18. The van der Waals surface area contributed by atoms with Gasteiger partial charge in [0.2, 0.25) is 11.1 Å². The number of nitrogens with zero attached hydrogens (tertiary/aromatic N) is 6. The van der Waals surface area contributed by atoms with Crippen molar-refractivity contribution in [3.8, 4) is 5.69 Å². The smallest absolute Gasteiger partial charge is 0.234 e. The van der Waals surface area contributed by atoms with E-state index in [1.54, 1.807) is 4.68 Å². The van der Waals surface area contributed by atoms with Gasteiger partial charge in [0.15, 0.2) is 0 Å². The average Bonchev–Trinajstić information content (AvgIpc) is 3.46. The first-order chi connectivity index (χ1) is 14.1. The summed E-state index contributed by atoms with van der Waals surface area (Å²) in [5.74, 6) is 0.0851. The summed E-state index contributed by atoms with van der Waals surface area (Å²) < 4.78 is 9.18. The molecule has 29 heavy (non-hydrogen) atoms. The second-order valence-corrected chi connectivity index (χ2v) is 7.85. The number of rotatable bonds is 7. The van der Waals surface area contributed by atoms with Gasteiger partial charge in [-0.1, -0.05) is 30.0 Å². The number of hydrogen-bond acceptors (Lipinski definition) is 7. The molecule has 4 rings (SSSR count). The molecule has 152 valence electrons. The minimum absolute atomic E-state index is 0.125. The Balaban J connectivity index is 1.38. The number of carbonyl (C=O) groups is 1. The predicted octanol–water partition coefficient (Wildman–Crippen LogP) is 2.39. The van der Waals surface area contributed by atoms with E-state index in [9.17, 15) is 4.79 Å². The highest BCUT2D eigenvalue weighted by atomic mass is 32.2. The van der Waals surface area contributed by atoms with E-state index in [4.69, 9.17) is 4.74 Å². The Bertz CT molecular complexity index is 980. The highest BCUT2D eigenvalue weighted by molar-refractivity contribution is 7.99. The van der Waals surface area contributed by atoms with E-state index < -0.39 is 0 Å². The number of tetrazole rings is 1. The zero-order valence-electron chi connectivity index (χ0n) is 16.4. The minimum atomic E-state index is -0.125. The van der Waals surface area contributed by atoms with Gasteiger partial charge in [0, 0.05) is 6.61 Å². The number of thioether (sulfide) groups is 1. The maximum atomic E-state index is 12.5. The average molecular weight is 414 g/mol. The number of amides is 1. The maximum Gasteiger partial charge on any atom is 0.234 e. The standard InChI is InChI=1S/C19H23N7O2S/c1-13-18(14(2)26(22-13)15-7-4-3-5-8-15)20-17(27)12-29-19-21-23-24-25(19)11-16-9-6-10-28-16/h3-5,7-8,16H,6,9-12H2,1-2H3,(H,20,27). The summed E-state index contributed by atoms with van der Waals surface area (Å²) in [5, 5.41) is 19.9. The van der Waals surface area contributed by atoms with Crippen LogP contribution in [-0.2, 0) is 16.1 Å². The van der Waals surface area contributed by atoms with Crippen LogP contribution in [0, 0.1) is 13.8 Å². The van der Waals surface area contributed by atoms with Gasteiger partial charge in [0.05, 0.1) is 41.2 Å². The lowest BCUT2D eigenvalue weighted by Gasteiger charge is -2.10. The maximum absolute atomic E-state index is 12.5. The molecule has 2 aromatic heterocycles. The van der Waals surface area contributed by atoms with Crippen LogP contribution in [0.5, 0.6) is 0 Å². The third kappa shape index (κ3) is 4.48. The fourth-order valence-corrected chi connectivity index (χ4v) is 4.03. The topological polar surface area (TPSA) is 99.8 Å². The highest BCUT2D eigenvalue weighted by Crippen LogP contribution is 2.24. The van der Waals surface area contributed by atoms with E-state index in [0.717, 1.165) is 42.2 Å². The summed E-state index contributed by atoms with van der Waals surface area (Å²) in [7, 11) is 0. The van der Waals surface area contributed by atoms with E-state index in [-0.39, 0.29) is 17.8 Å². The monoisotopic (exact) mass is 413 g/mol. The van der Waals surface area contributed by atoms with Crippen molar-refractivity contribution in [1.82, 2.24) is 30.0 Å². The van der Waals surface area contributed by atoms with Crippen molar-refractivity contribution in [1.29, 1.82) is 0 Å². The molecule has 1 amide bonds. The molecule has 1 N–H and O–H groups in total. The summed E-state index contributed by atoms with van der Waals surface area (Å²) in [6.07, 6.45) is 2.21. The van der Waals surface area contributed by atoms with Crippen LogP contribution in [0.3, 0.4) is 0 Å². The number of benzene rings is 1. The van der Waals surface area contributed by atoms with Crippen LogP contribution in [0.2, 0.25) is 0 Å². The Hall–Kier alpha value is -2.72. The zero-order chi connectivity index (χ0) is 20.2. The predicted molar refractivity (Wildman–Crippen MR) is 109 cm³/mol. The highest BCUT2D eigenvalue weighted by Gasteiger charge is 2.20. The lowest BCUT2D eigenvalue weighted by atomic mass is 10.2. The van der Waals surface area contributed by atoms with Gasteiger partial charge in [-0.3, -0.25) is 4.79 Å². The molecular weight excluding hydrogens is 390 g/mol. The Labute approximate surface area is 172 Å². The van der Waals surface area contributed by atoms with E-state index in [2.05, 4.69) is 25.9 Å². The van der Waals surface area contributed by atoms with Gasteiger partial charge < -0.3 is 10.1 Å². The molecule has 1 unspecified atom stereocenters. The van der Waals surface area contributed by atoms with Gasteiger partial charge in [-0.05, 0) is 49.2 Å². The summed E-state index contributed by atoms with van der Waals surface area (Å²) >= 11 is 1.31. The van der Waals surface area contributed by atoms with Gasteiger partial charge in [-0.25, -0.2) is 9.36 Å². The second-order valence-electron chi connectivity index (χ2n) is 6.91. The first kappa shape index (κ1) is 19.6. The normalized spacial score (nSPS) is 16.3. The molecule has 3 heterocycles. The van der Waals surface area contributed by atoms with Crippen molar-refractivity contribution >= 4 is 23.4 Å². The third-order valence-corrected chi connectivity index (χ3v) is 5.75. The summed E-state index contributed by atoms with van der Waals surface area (Å²) in [5.41, 5.74) is 3.35. The molecule has 9 nitrogen and oxygen atoms in total. The van der Waals surface area contributed by atoms with Crippen molar-refractivity contribution in [3.63, 3.8) is 0 Å². The molecule has 1 aliphatic heterocycles. The van der Waals surface area contributed by atoms with Crippen LogP contribution in [0.15, 0.2) is 35.5 Å². The van der Waals surface area contributed by atoms with Crippen molar-refractivity contribution in [2.24, 2.45) is 0 Å². The molecule has 1 aliphatic rings. The van der Waals surface area contributed by atoms with Crippen LogP contribution in [-0.4, -0.2) is 54.4 Å². The fraction of sp³-hybridized carbons (Fsp3) is 0.421. The Morgan fingerprint density at radius 1 is 1.31 bits per heavy atom. The fourth-order valence-electron chi connectivity index (χ4n) is 3.35. The Kier molecular flexibility index (Phi) is 5.91. The number of ether oxygens (including phenoxy) is 1. The number of anilines is 1. The van der Waals surface area contributed by atoms with Gasteiger partial charge >= 0.3 is 0 Å². The summed E-state index contributed by atoms with van der Waals surface area (Å²) in [6, 6.07) is 9.84. The number of hydrogen-bond donors (Lipinski definition) is 1.